The van der Waals surface area contributed by atoms with Gasteiger partial charge in [-0.2, -0.15) is 0 Å². The summed E-state index contributed by atoms with van der Waals surface area (Å²) in [5.74, 6) is 0.655. The largest absolute Gasteiger partial charge is 0.315 e. The van der Waals surface area contributed by atoms with Gasteiger partial charge in [-0.15, -0.1) is 0 Å². The van der Waals surface area contributed by atoms with Crippen LogP contribution in [0.2, 0.25) is 0 Å². The molecule has 2 heteroatoms. The van der Waals surface area contributed by atoms with Gasteiger partial charge in [-0.05, 0) is 34.4 Å². The van der Waals surface area contributed by atoms with Crippen molar-refractivity contribution in [3.8, 4) is 11.1 Å². The number of nitrogens with one attached hydrogen (secondary N) is 1. The van der Waals surface area contributed by atoms with Gasteiger partial charge in [0.25, 0.3) is 0 Å². The van der Waals surface area contributed by atoms with Crippen molar-refractivity contribution in [3.63, 3.8) is 0 Å². The molecule has 3 aromatic rings. The topological polar surface area (TPSA) is 12.0 Å². The molecule has 0 spiro atoms. The van der Waals surface area contributed by atoms with Crippen LogP contribution >= 0.6 is 0 Å². The Bertz CT molecular complexity index is 794. The Balaban J connectivity index is 1.59. The highest BCUT2D eigenvalue weighted by Gasteiger charge is 2.29. The molecule has 0 saturated carbocycles. The van der Waals surface area contributed by atoms with E-state index < -0.39 is 0 Å². The normalized spacial score (nSPS) is 20.2. The van der Waals surface area contributed by atoms with Gasteiger partial charge in [0, 0.05) is 24.9 Å². The summed E-state index contributed by atoms with van der Waals surface area (Å²) in [6, 6.07) is 26.2. The number of hydrogen-bond donors (Lipinski definition) is 1. The molecule has 3 aromatic carbocycles. The van der Waals surface area contributed by atoms with Crippen molar-refractivity contribution >= 4 is 0 Å². The summed E-state index contributed by atoms with van der Waals surface area (Å²) in [6.45, 7) is 1.91. The molecule has 0 bridgehead atoms. The molecule has 24 heavy (non-hydrogen) atoms. The summed E-state index contributed by atoms with van der Waals surface area (Å²) in [7, 11) is 0. The Morgan fingerprint density at radius 1 is 0.625 bits per heavy atom. The maximum Gasteiger partial charge on any atom is 0.123 e. The minimum atomic E-state index is -0.173. The molecule has 120 valence electrons. The fourth-order valence-electron chi connectivity index (χ4n) is 3.64. The highest BCUT2D eigenvalue weighted by molar-refractivity contribution is 5.63. The second kappa shape index (κ2) is 6.58. The van der Waals surface area contributed by atoms with Crippen molar-refractivity contribution in [2.45, 2.75) is 11.8 Å². The molecule has 1 heterocycles. The van der Waals surface area contributed by atoms with E-state index in [2.05, 4.69) is 53.8 Å². The average molecular weight is 317 g/mol. The standard InChI is InChI=1S/C22H20FN/c23-20-12-10-19(11-13-20)22-15-24-14-21(22)18-8-6-17(7-9-18)16-4-2-1-3-5-16/h1-13,21-22,24H,14-15H2. The second-order valence-corrected chi connectivity index (χ2v) is 6.41. The molecule has 1 nitrogen and oxygen atoms in total. The minimum absolute atomic E-state index is 0.173. The molecule has 0 aromatic heterocycles. The third-order valence-corrected chi connectivity index (χ3v) is 4.96. The van der Waals surface area contributed by atoms with Crippen LogP contribution in [-0.4, -0.2) is 13.1 Å². The van der Waals surface area contributed by atoms with Gasteiger partial charge < -0.3 is 5.32 Å². The molecule has 1 N–H and O–H groups in total. The van der Waals surface area contributed by atoms with Gasteiger partial charge in [0.1, 0.15) is 5.82 Å². The van der Waals surface area contributed by atoms with E-state index in [9.17, 15) is 4.39 Å². The third kappa shape index (κ3) is 2.98. The predicted octanol–water partition coefficient (Wildman–Crippen LogP) is 4.96. The summed E-state index contributed by atoms with van der Waals surface area (Å²) in [6.07, 6.45) is 0. The van der Waals surface area contributed by atoms with Gasteiger partial charge in [0.2, 0.25) is 0 Å². The summed E-state index contributed by atoms with van der Waals surface area (Å²) in [5, 5.41) is 3.49. The van der Waals surface area contributed by atoms with E-state index in [1.165, 1.54) is 22.3 Å². The third-order valence-electron chi connectivity index (χ3n) is 4.96. The predicted molar refractivity (Wildman–Crippen MR) is 96.6 cm³/mol. The molecule has 0 amide bonds. The average Bonchev–Trinajstić information content (AvgIpc) is 3.13. The van der Waals surface area contributed by atoms with Crippen LogP contribution in [-0.2, 0) is 0 Å². The molecule has 4 rings (SSSR count). The Labute approximate surface area is 142 Å². The highest BCUT2D eigenvalue weighted by Crippen LogP contribution is 2.36. The van der Waals surface area contributed by atoms with Gasteiger partial charge >= 0.3 is 0 Å². The molecule has 0 radical (unpaired) electrons. The molecule has 2 unspecified atom stereocenters. The van der Waals surface area contributed by atoms with Gasteiger partial charge in [-0.1, -0.05) is 66.7 Å². The minimum Gasteiger partial charge on any atom is -0.315 e. The van der Waals surface area contributed by atoms with E-state index in [-0.39, 0.29) is 5.82 Å². The number of hydrogen-bond acceptors (Lipinski definition) is 1. The zero-order valence-electron chi connectivity index (χ0n) is 13.5. The van der Waals surface area contributed by atoms with Crippen molar-refractivity contribution < 1.29 is 4.39 Å². The van der Waals surface area contributed by atoms with E-state index >= 15 is 0 Å². The van der Waals surface area contributed by atoms with Gasteiger partial charge in [0.15, 0.2) is 0 Å². The van der Waals surface area contributed by atoms with Gasteiger partial charge in [0.05, 0.1) is 0 Å². The first-order valence-corrected chi connectivity index (χ1v) is 8.43. The first-order valence-electron chi connectivity index (χ1n) is 8.43. The van der Waals surface area contributed by atoms with E-state index in [1.54, 1.807) is 12.1 Å². The Hall–Kier alpha value is -2.45. The summed E-state index contributed by atoms with van der Waals surface area (Å²) in [5.41, 5.74) is 5.03. The van der Waals surface area contributed by atoms with Crippen molar-refractivity contribution in [2.75, 3.05) is 13.1 Å². The van der Waals surface area contributed by atoms with Crippen molar-refractivity contribution in [3.05, 3.63) is 95.8 Å². The van der Waals surface area contributed by atoms with Gasteiger partial charge in [-0.25, -0.2) is 4.39 Å². The van der Waals surface area contributed by atoms with Crippen LogP contribution in [0.3, 0.4) is 0 Å². The SMILES string of the molecule is Fc1ccc(C2CNCC2c2ccc(-c3ccccc3)cc2)cc1. The second-order valence-electron chi connectivity index (χ2n) is 6.41. The van der Waals surface area contributed by atoms with Gasteiger partial charge in [-0.3, -0.25) is 0 Å². The fraction of sp³-hybridized carbons (Fsp3) is 0.182. The van der Waals surface area contributed by atoms with E-state index in [0.29, 0.717) is 11.8 Å². The van der Waals surface area contributed by atoms with Crippen LogP contribution < -0.4 is 5.32 Å². The van der Waals surface area contributed by atoms with Crippen molar-refractivity contribution in [1.82, 2.24) is 5.32 Å². The van der Waals surface area contributed by atoms with Crippen LogP contribution in [0.4, 0.5) is 4.39 Å². The zero-order chi connectivity index (χ0) is 16.4. The number of rotatable bonds is 3. The van der Waals surface area contributed by atoms with Crippen LogP contribution in [0.1, 0.15) is 23.0 Å². The van der Waals surface area contributed by atoms with Crippen LogP contribution in [0.25, 0.3) is 11.1 Å². The van der Waals surface area contributed by atoms with Crippen LogP contribution in [0, 0.1) is 5.82 Å². The molecule has 1 saturated heterocycles. The lowest BCUT2D eigenvalue weighted by atomic mass is 9.83. The number of benzene rings is 3. The first kappa shape index (κ1) is 15.1. The quantitative estimate of drug-likeness (QED) is 0.719. The van der Waals surface area contributed by atoms with Crippen LogP contribution in [0.5, 0.6) is 0 Å². The first-order chi connectivity index (χ1) is 11.8. The monoisotopic (exact) mass is 317 g/mol. The molecule has 2 atom stereocenters. The highest BCUT2D eigenvalue weighted by atomic mass is 19.1. The summed E-state index contributed by atoms with van der Waals surface area (Å²) >= 11 is 0. The van der Waals surface area contributed by atoms with E-state index in [0.717, 1.165) is 13.1 Å². The van der Waals surface area contributed by atoms with E-state index in [4.69, 9.17) is 0 Å². The lowest BCUT2D eigenvalue weighted by Gasteiger charge is -2.20. The van der Waals surface area contributed by atoms with Crippen molar-refractivity contribution in [2.24, 2.45) is 0 Å². The Morgan fingerprint density at radius 3 is 1.71 bits per heavy atom. The summed E-state index contributed by atoms with van der Waals surface area (Å²) in [4.78, 5) is 0. The lowest BCUT2D eigenvalue weighted by molar-refractivity contribution is 0.621. The smallest absolute Gasteiger partial charge is 0.123 e. The molecule has 1 aliphatic rings. The van der Waals surface area contributed by atoms with Crippen molar-refractivity contribution in [1.29, 1.82) is 0 Å². The number of halogens is 1. The molecule has 1 fully saturated rings. The Kier molecular flexibility index (Phi) is 4.14. The lowest BCUT2D eigenvalue weighted by Crippen LogP contribution is -2.09. The molecule has 1 aliphatic heterocycles. The molecular weight excluding hydrogens is 297 g/mol. The molecular formula is C22H20FN. The fourth-order valence-corrected chi connectivity index (χ4v) is 3.64. The summed E-state index contributed by atoms with van der Waals surface area (Å²) < 4.78 is 13.2. The Morgan fingerprint density at radius 2 is 1.12 bits per heavy atom. The zero-order valence-corrected chi connectivity index (χ0v) is 13.5. The molecule has 0 aliphatic carbocycles. The maximum absolute atomic E-state index is 13.2. The van der Waals surface area contributed by atoms with E-state index in [1.807, 2.05) is 18.2 Å². The van der Waals surface area contributed by atoms with Crippen LogP contribution in [0.15, 0.2) is 78.9 Å². The maximum atomic E-state index is 13.2.